The molecule has 0 radical (unpaired) electrons. The molecule has 0 aliphatic rings. The van der Waals surface area contributed by atoms with Gasteiger partial charge in [-0.15, -0.1) is 0 Å². The molecule has 0 spiro atoms. The van der Waals surface area contributed by atoms with Gasteiger partial charge < -0.3 is 15.2 Å². The largest absolute Gasteiger partial charge is 0.493 e. The van der Waals surface area contributed by atoms with Crippen LogP contribution in [0.1, 0.15) is 45.6 Å². The van der Waals surface area contributed by atoms with Gasteiger partial charge in [-0.25, -0.2) is 0 Å². The van der Waals surface area contributed by atoms with Crippen LogP contribution < -0.4 is 15.2 Å². The number of nitrogens with two attached hydrogens (primary N) is 1. The van der Waals surface area contributed by atoms with Gasteiger partial charge in [0.1, 0.15) is 11.5 Å². The number of hydrogen-bond donors (Lipinski definition) is 1. The number of benzene rings is 1. The van der Waals surface area contributed by atoms with Crippen molar-refractivity contribution in [2.45, 2.75) is 52.6 Å². The third kappa shape index (κ3) is 5.11. The minimum atomic E-state index is 0.262. The van der Waals surface area contributed by atoms with Gasteiger partial charge >= 0.3 is 0 Å². The van der Waals surface area contributed by atoms with Crippen LogP contribution >= 0.6 is 0 Å². The molecule has 0 bridgehead atoms. The Balaban J connectivity index is 2.87. The molecular weight excluding hydrogens is 238 g/mol. The van der Waals surface area contributed by atoms with Gasteiger partial charge in [0, 0.05) is 6.07 Å². The summed E-state index contributed by atoms with van der Waals surface area (Å²) >= 11 is 0. The lowest BCUT2D eigenvalue weighted by atomic mass is 10.1. The van der Waals surface area contributed by atoms with Crippen LogP contribution in [0, 0.1) is 0 Å². The fourth-order valence-corrected chi connectivity index (χ4v) is 1.95. The Morgan fingerprint density at radius 2 is 1.89 bits per heavy atom. The number of hydrogen-bond acceptors (Lipinski definition) is 3. The molecule has 0 aliphatic heterocycles. The van der Waals surface area contributed by atoms with Gasteiger partial charge in [0.25, 0.3) is 0 Å². The molecule has 0 fully saturated rings. The Hall–Kier alpha value is -1.22. The molecular formula is C16H27NO2. The van der Waals surface area contributed by atoms with Crippen molar-refractivity contribution in [2.75, 3.05) is 13.2 Å². The highest BCUT2D eigenvalue weighted by molar-refractivity contribution is 5.41. The van der Waals surface area contributed by atoms with Crippen molar-refractivity contribution in [1.29, 1.82) is 0 Å². The van der Waals surface area contributed by atoms with Gasteiger partial charge in [0.05, 0.1) is 12.7 Å². The Bertz CT molecular complexity index is 362. The maximum Gasteiger partial charge on any atom is 0.126 e. The first-order valence-electron chi connectivity index (χ1n) is 7.37. The fourth-order valence-electron chi connectivity index (χ4n) is 1.95. The molecule has 0 saturated carbocycles. The quantitative estimate of drug-likeness (QED) is 0.742. The average Bonchev–Trinajstić information content (AvgIpc) is 2.44. The molecule has 0 heterocycles. The minimum absolute atomic E-state index is 0.262. The monoisotopic (exact) mass is 265 g/mol. The predicted molar refractivity (Wildman–Crippen MR) is 80.0 cm³/mol. The zero-order chi connectivity index (χ0) is 14.1. The van der Waals surface area contributed by atoms with Crippen molar-refractivity contribution < 1.29 is 9.47 Å². The molecule has 0 amide bonds. The maximum atomic E-state index is 6.08. The molecule has 3 heteroatoms. The van der Waals surface area contributed by atoms with E-state index in [9.17, 15) is 0 Å². The molecule has 1 aromatic rings. The highest BCUT2D eigenvalue weighted by atomic mass is 16.5. The fraction of sp³-hybridized carbons (Fsp3) is 0.625. The van der Waals surface area contributed by atoms with Gasteiger partial charge in [-0.05, 0) is 43.9 Å². The second-order valence-corrected chi connectivity index (χ2v) is 4.71. The minimum Gasteiger partial charge on any atom is -0.493 e. The van der Waals surface area contributed by atoms with E-state index in [1.165, 1.54) is 5.56 Å². The lowest BCUT2D eigenvalue weighted by Gasteiger charge is -2.19. The Morgan fingerprint density at radius 1 is 1.16 bits per heavy atom. The van der Waals surface area contributed by atoms with E-state index in [1.807, 2.05) is 12.1 Å². The lowest BCUT2D eigenvalue weighted by Crippen LogP contribution is -2.15. The van der Waals surface area contributed by atoms with Gasteiger partial charge in [-0.2, -0.15) is 0 Å². The maximum absolute atomic E-state index is 6.08. The second kappa shape index (κ2) is 8.81. The van der Waals surface area contributed by atoms with Crippen LogP contribution in [0.25, 0.3) is 0 Å². The van der Waals surface area contributed by atoms with Crippen molar-refractivity contribution >= 4 is 0 Å². The first-order chi connectivity index (χ1) is 9.24. The summed E-state index contributed by atoms with van der Waals surface area (Å²) in [6.07, 6.45) is 4.13. The van der Waals surface area contributed by atoms with Crippen LogP contribution in [0.3, 0.4) is 0 Å². The third-order valence-corrected chi connectivity index (χ3v) is 3.13. The normalized spacial score (nSPS) is 10.8. The van der Waals surface area contributed by atoms with E-state index in [-0.39, 0.29) is 6.10 Å². The smallest absolute Gasteiger partial charge is 0.126 e. The highest BCUT2D eigenvalue weighted by Crippen LogP contribution is 2.27. The van der Waals surface area contributed by atoms with E-state index >= 15 is 0 Å². The summed E-state index contributed by atoms with van der Waals surface area (Å²) in [5.74, 6) is 1.80. The van der Waals surface area contributed by atoms with Crippen molar-refractivity contribution in [1.82, 2.24) is 0 Å². The van der Waals surface area contributed by atoms with E-state index in [0.29, 0.717) is 6.54 Å². The van der Waals surface area contributed by atoms with Gasteiger partial charge in [-0.1, -0.05) is 26.8 Å². The van der Waals surface area contributed by atoms with Crippen molar-refractivity contribution in [3.63, 3.8) is 0 Å². The summed E-state index contributed by atoms with van der Waals surface area (Å²) in [4.78, 5) is 0. The summed E-state index contributed by atoms with van der Waals surface area (Å²) in [6, 6.07) is 6.06. The van der Waals surface area contributed by atoms with E-state index < -0.39 is 0 Å². The molecule has 19 heavy (non-hydrogen) atoms. The van der Waals surface area contributed by atoms with Crippen molar-refractivity contribution in [3.05, 3.63) is 23.8 Å². The third-order valence-electron chi connectivity index (χ3n) is 3.13. The van der Waals surface area contributed by atoms with Gasteiger partial charge in [-0.3, -0.25) is 0 Å². The van der Waals surface area contributed by atoms with Crippen LogP contribution in [-0.4, -0.2) is 19.3 Å². The van der Waals surface area contributed by atoms with Crippen LogP contribution in [0.5, 0.6) is 11.5 Å². The zero-order valence-electron chi connectivity index (χ0n) is 12.4. The molecule has 0 atom stereocenters. The first-order valence-corrected chi connectivity index (χ1v) is 7.37. The molecule has 0 aliphatic carbocycles. The van der Waals surface area contributed by atoms with E-state index in [2.05, 4.69) is 26.8 Å². The summed E-state index contributed by atoms with van der Waals surface area (Å²) < 4.78 is 11.7. The molecule has 0 saturated heterocycles. The van der Waals surface area contributed by atoms with Crippen molar-refractivity contribution in [2.24, 2.45) is 5.73 Å². The summed E-state index contributed by atoms with van der Waals surface area (Å²) in [7, 11) is 0. The van der Waals surface area contributed by atoms with Gasteiger partial charge in [0.15, 0.2) is 0 Å². The van der Waals surface area contributed by atoms with Crippen LogP contribution in [0.4, 0.5) is 0 Å². The summed E-state index contributed by atoms with van der Waals surface area (Å²) in [6.45, 7) is 7.77. The average molecular weight is 265 g/mol. The molecule has 1 aromatic carbocycles. The Kier molecular flexibility index (Phi) is 7.34. The first kappa shape index (κ1) is 15.8. The number of rotatable bonds is 9. The SMILES string of the molecule is CCCOc1ccc(CCN)c(OC(CC)CC)c1. The number of ether oxygens (including phenoxy) is 2. The molecule has 2 N–H and O–H groups in total. The Labute approximate surface area is 117 Å². The van der Waals surface area contributed by atoms with E-state index in [1.54, 1.807) is 0 Å². The van der Waals surface area contributed by atoms with Crippen molar-refractivity contribution in [3.8, 4) is 11.5 Å². The second-order valence-electron chi connectivity index (χ2n) is 4.71. The molecule has 0 aromatic heterocycles. The van der Waals surface area contributed by atoms with Crippen LogP contribution in [0.15, 0.2) is 18.2 Å². The van der Waals surface area contributed by atoms with Crippen LogP contribution in [-0.2, 0) is 6.42 Å². The standard InChI is InChI=1S/C16H27NO2/c1-4-11-18-15-8-7-13(9-10-17)16(12-15)19-14(5-2)6-3/h7-8,12,14H,4-6,9-11,17H2,1-3H3. The lowest BCUT2D eigenvalue weighted by molar-refractivity contribution is 0.190. The Morgan fingerprint density at radius 3 is 2.47 bits per heavy atom. The zero-order valence-corrected chi connectivity index (χ0v) is 12.4. The molecule has 3 nitrogen and oxygen atoms in total. The van der Waals surface area contributed by atoms with E-state index in [4.69, 9.17) is 15.2 Å². The highest BCUT2D eigenvalue weighted by Gasteiger charge is 2.10. The molecule has 108 valence electrons. The molecule has 0 unspecified atom stereocenters. The summed E-state index contributed by atoms with van der Waals surface area (Å²) in [5, 5.41) is 0. The van der Waals surface area contributed by atoms with Crippen LogP contribution in [0.2, 0.25) is 0 Å². The topological polar surface area (TPSA) is 44.5 Å². The van der Waals surface area contributed by atoms with E-state index in [0.717, 1.165) is 43.8 Å². The van der Waals surface area contributed by atoms with Gasteiger partial charge in [0.2, 0.25) is 0 Å². The predicted octanol–water partition coefficient (Wildman–Crippen LogP) is 3.54. The summed E-state index contributed by atoms with van der Waals surface area (Å²) in [5.41, 5.74) is 6.82. The molecule has 1 rings (SSSR count).